The Morgan fingerprint density at radius 1 is 1.00 bits per heavy atom. The molecular formula is C33H47NO3. The zero-order chi connectivity index (χ0) is 25.3. The molecule has 4 heteroatoms. The first-order valence-corrected chi connectivity index (χ1v) is 15.6. The maximum atomic E-state index is 12.5. The van der Waals surface area contributed by atoms with E-state index in [-0.39, 0.29) is 23.5 Å². The number of aliphatic hydroxyl groups is 1. The zero-order valence-electron chi connectivity index (χ0n) is 22.4. The lowest BCUT2D eigenvalue weighted by Crippen LogP contribution is -2.50. The van der Waals surface area contributed by atoms with Gasteiger partial charge in [0.15, 0.2) is 0 Å². The number of hydrogen-bond donors (Lipinski definition) is 2. The van der Waals surface area contributed by atoms with Crippen molar-refractivity contribution in [2.75, 3.05) is 0 Å². The van der Waals surface area contributed by atoms with Crippen LogP contribution in [0.2, 0.25) is 0 Å². The Morgan fingerprint density at radius 2 is 1.84 bits per heavy atom. The van der Waals surface area contributed by atoms with E-state index in [1.807, 2.05) is 0 Å². The van der Waals surface area contributed by atoms with Crippen molar-refractivity contribution in [3.8, 4) is 0 Å². The van der Waals surface area contributed by atoms with E-state index in [4.69, 9.17) is 10.5 Å². The topological polar surface area (TPSA) is 72.6 Å². The highest BCUT2D eigenvalue weighted by Crippen LogP contribution is 2.76. The molecule has 0 aromatic heterocycles. The average molecular weight is 506 g/mol. The summed E-state index contributed by atoms with van der Waals surface area (Å²) in [5, 5.41) is 10.6. The number of allylic oxidation sites excluding steroid dienone is 2. The van der Waals surface area contributed by atoms with E-state index < -0.39 is 6.10 Å². The summed E-state index contributed by atoms with van der Waals surface area (Å²) in [6.45, 7) is 4.63. The summed E-state index contributed by atoms with van der Waals surface area (Å²) in [5.74, 6) is 5.65. The molecule has 5 saturated carbocycles. The first kappa shape index (κ1) is 24.6. The van der Waals surface area contributed by atoms with E-state index in [9.17, 15) is 9.90 Å². The van der Waals surface area contributed by atoms with Gasteiger partial charge in [-0.2, -0.15) is 0 Å². The number of nitrogens with two attached hydrogens (primary N) is 1. The van der Waals surface area contributed by atoms with Crippen molar-refractivity contribution in [3.05, 3.63) is 36.6 Å². The van der Waals surface area contributed by atoms with Gasteiger partial charge in [-0.15, -0.1) is 0 Å². The quantitative estimate of drug-likeness (QED) is 0.374. The highest BCUT2D eigenvalue weighted by molar-refractivity contribution is 5.61. The van der Waals surface area contributed by atoms with Gasteiger partial charge in [-0.3, -0.25) is 0 Å². The maximum absolute atomic E-state index is 12.5. The zero-order valence-corrected chi connectivity index (χ0v) is 22.4. The third-order valence-electron chi connectivity index (χ3n) is 12.9. The van der Waals surface area contributed by atoms with Gasteiger partial charge in [0.1, 0.15) is 12.4 Å². The van der Waals surface area contributed by atoms with Gasteiger partial charge in [0.2, 0.25) is 0 Å². The second-order valence-electron chi connectivity index (χ2n) is 14.1. The van der Waals surface area contributed by atoms with Crippen LogP contribution in [-0.4, -0.2) is 29.6 Å². The first-order chi connectivity index (χ1) is 18.0. The molecule has 37 heavy (non-hydrogen) atoms. The van der Waals surface area contributed by atoms with Crippen molar-refractivity contribution in [1.82, 2.24) is 0 Å². The molecule has 202 valence electrons. The number of carbonyl (C=O) groups is 1. The van der Waals surface area contributed by atoms with Crippen molar-refractivity contribution in [3.63, 3.8) is 0 Å². The molecule has 13 unspecified atom stereocenters. The van der Waals surface area contributed by atoms with Crippen LogP contribution in [0.4, 0.5) is 0 Å². The molecule has 7 rings (SSSR count). The average Bonchev–Trinajstić information content (AvgIpc) is 3.45. The van der Waals surface area contributed by atoms with Crippen LogP contribution in [-0.2, 0) is 9.53 Å². The summed E-state index contributed by atoms with van der Waals surface area (Å²) in [6, 6.07) is -0.363. The fourth-order valence-corrected chi connectivity index (χ4v) is 11.4. The van der Waals surface area contributed by atoms with E-state index in [2.05, 4.69) is 18.7 Å². The molecule has 1 heterocycles. The second-order valence-corrected chi connectivity index (χ2v) is 14.1. The van der Waals surface area contributed by atoms with Crippen molar-refractivity contribution < 1.29 is 14.6 Å². The van der Waals surface area contributed by atoms with E-state index >= 15 is 0 Å². The third kappa shape index (κ3) is 3.71. The maximum Gasteiger partial charge on any atom is 0.137 e. The summed E-state index contributed by atoms with van der Waals surface area (Å²) >= 11 is 0. The van der Waals surface area contributed by atoms with Crippen molar-refractivity contribution in [2.45, 2.75) is 95.3 Å². The molecular weight excluding hydrogens is 458 g/mol. The molecule has 0 saturated heterocycles. The molecule has 0 radical (unpaired) electrons. The lowest BCUT2D eigenvalue weighted by molar-refractivity contribution is -0.112. The van der Waals surface area contributed by atoms with Crippen LogP contribution in [0.3, 0.4) is 0 Å². The fourth-order valence-electron chi connectivity index (χ4n) is 11.4. The Kier molecular flexibility index (Phi) is 6.24. The molecule has 6 aliphatic carbocycles. The number of aliphatic hydroxyl groups excluding tert-OH is 1. The van der Waals surface area contributed by atoms with Crippen molar-refractivity contribution in [1.29, 1.82) is 0 Å². The van der Waals surface area contributed by atoms with Gasteiger partial charge in [0, 0.05) is 17.3 Å². The van der Waals surface area contributed by atoms with Crippen LogP contribution in [0.1, 0.15) is 77.0 Å². The lowest BCUT2D eigenvalue weighted by atomic mass is 9.60. The monoisotopic (exact) mass is 505 g/mol. The molecule has 3 N–H and O–H groups in total. The molecule has 13 atom stereocenters. The van der Waals surface area contributed by atoms with Crippen LogP contribution in [0.5, 0.6) is 0 Å². The molecule has 7 aliphatic rings. The standard InChI is InChI=1S/C33H47NO3/c1-19-7-12-28-31(27-16-22(15-25(19)27)20-5-3-2-4-6-20)33(28,30(34)18-35)23-10-8-21-9-11-24-29(36)13-14-37-32(24)26(21)17-23/h9,11,13-14,18,20-32,36H,1-8,10,12,15-17,34H2. The molecule has 1 aliphatic heterocycles. The van der Waals surface area contributed by atoms with E-state index in [0.717, 1.165) is 37.4 Å². The largest absolute Gasteiger partial charge is 0.497 e. The minimum atomic E-state index is -0.462. The summed E-state index contributed by atoms with van der Waals surface area (Å²) in [4.78, 5) is 12.5. The molecule has 4 nitrogen and oxygen atoms in total. The minimum Gasteiger partial charge on any atom is -0.497 e. The summed E-state index contributed by atoms with van der Waals surface area (Å²) < 4.78 is 6.19. The van der Waals surface area contributed by atoms with Crippen LogP contribution in [0.15, 0.2) is 36.6 Å². The predicted molar refractivity (Wildman–Crippen MR) is 145 cm³/mol. The van der Waals surface area contributed by atoms with Gasteiger partial charge in [-0.25, -0.2) is 0 Å². The Bertz CT molecular complexity index is 967. The summed E-state index contributed by atoms with van der Waals surface area (Å²) in [6.07, 6.45) is 24.2. The summed E-state index contributed by atoms with van der Waals surface area (Å²) in [7, 11) is 0. The van der Waals surface area contributed by atoms with E-state index in [0.29, 0.717) is 41.4 Å². The normalized spacial score (nSPS) is 51.6. The second kappa shape index (κ2) is 9.37. The van der Waals surface area contributed by atoms with E-state index in [1.165, 1.54) is 63.4 Å². The highest BCUT2D eigenvalue weighted by atomic mass is 16.5. The molecule has 5 fully saturated rings. The number of ether oxygens (including phenoxy) is 1. The van der Waals surface area contributed by atoms with Gasteiger partial charge >= 0.3 is 0 Å². The van der Waals surface area contributed by atoms with E-state index in [1.54, 1.807) is 12.3 Å². The Labute approximate surface area is 223 Å². The van der Waals surface area contributed by atoms with Gasteiger partial charge in [-0.1, -0.05) is 56.4 Å². The minimum absolute atomic E-state index is 0.0422. The SMILES string of the molecule is C=C1CCC2C(C3CC(C4CCCCC4)CC13)C2(C(N)C=O)C1CCC2C=CC3C(O)C=COC3C2C1. The number of fused-ring (bicyclic) bond motifs is 6. The van der Waals surface area contributed by atoms with Gasteiger partial charge in [-0.05, 0) is 98.4 Å². The number of hydrogen-bond acceptors (Lipinski definition) is 4. The first-order valence-electron chi connectivity index (χ1n) is 15.6. The number of aldehydes is 1. The van der Waals surface area contributed by atoms with Gasteiger partial charge < -0.3 is 20.4 Å². The third-order valence-corrected chi connectivity index (χ3v) is 12.9. The Hall–Kier alpha value is -1.39. The van der Waals surface area contributed by atoms with Crippen LogP contribution in [0.25, 0.3) is 0 Å². The smallest absolute Gasteiger partial charge is 0.137 e. The van der Waals surface area contributed by atoms with Crippen LogP contribution >= 0.6 is 0 Å². The molecule has 0 aromatic carbocycles. The summed E-state index contributed by atoms with van der Waals surface area (Å²) in [5.41, 5.74) is 8.34. The molecule has 0 amide bonds. The highest BCUT2D eigenvalue weighted by Gasteiger charge is 2.74. The molecule has 0 spiro atoms. The van der Waals surface area contributed by atoms with Gasteiger partial charge in [0.25, 0.3) is 0 Å². The van der Waals surface area contributed by atoms with Crippen molar-refractivity contribution >= 4 is 6.29 Å². The Morgan fingerprint density at radius 3 is 2.65 bits per heavy atom. The number of rotatable bonds is 4. The Balaban J connectivity index is 1.18. The van der Waals surface area contributed by atoms with Crippen LogP contribution < -0.4 is 5.73 Å². The molecule has 0 bridgehead atoms. The predicted octanol–water partition coefficient (Wildman–Crippen LogP) is 5.81. The lowest BCUT2D eigenvalue weighted by Gasteiger charge is -2.48. The van der Waals surface area contributed by atoms with Crippen LogP contribution in [0, 0.1) is 64.6 Å². The molecule has 0 aromatic rings. The van der Waals surface area contributed by atoms with Gasteiger partial charge in [0.05, 0.1) is 18.4 Å². The fraction of sp³-hybridized carbons (Fsp3) is 0.788. The van der Waals surface area contributed by atoms with Crippen molar-refractivity contribution in [2.24, 2.45) is 70.3 Å². The number of carbonyl (C=O) groups excluding carboxylic acids is 1.